The fraction of sp³-hybridized carbons (Fsp3) is 0.263. The Labute approximate surface area is 155 Å². The first-order chi connectivity index (χ1) is 12.8. The van der Waals surface area contributed by atoms with Crippen molar-refractivity contribution in [1.82, 2.24) is 5.32 Å². The molecule has 0 aliphatic carbocycles. The van der Waals surface area contributed by atoms with E-state index < -0.39 is 17.5 Å². The van der Waals surface area contributed by atoms with Gasteiger partial charge in [0.2, 0.25) is 0 Å². The first-order valence-electron chi connectivity index (χ1n) is 8.17. The lowest BCUT2D eigenvalue weighted by Gasteiger charge is -2.13. The smallest absolute Gasteiger partial charge is 0.258 e. The van der Waals surface area contributed by atoms with E-state index in [2.05, 4.69) is 10.6 Å². The second-order valence-corrected chi connectivity index (χ2v) is 5.93. The van der Waals surface area contributed by atoms with Crippen LogP contribution in [-0.2, 0) is 4.79 Å². The van der Waals surface area contributed by atoms with Gasteiger partial charge in [0.1, 0.15) is 0 Å². The average molecular weight is 378 g/mol. The van der Waals surface area contributed by atoms with E-state index in [1.54, 1.807) is 0 Å². The fourth-order valence-electron chi connectivity index (χ4n) is 2.23. The minimum atomic E-state index is -1.14. The van der Waals surface area contributed by atoms with Crippen LogP contribution in [0.25, 0.3) is 0 Å². The largest absolute Gasteiger partial charge is 0.493 e. The molecule has 8 heteroatoms. The normalized spacial score (nSPS) is 10.4. The van der Waals surface area contributed by atoms with Crippen molar-refractivity contribution in [3.63, 3.8) is 0 Å². The Kier molecular flexibility index (Phi) is 6.70. The summed E-state index contributed by atoms with van der Waals surface area (Å²) in [5, 5.41) is 4.98. The van der Waals surface area contributed by atoms with Crippen LogP contribution in [0, 0.1) is 11.6 Å². The number of carbonyl (C=O) groups excluding carboxylic acids is 2. The summed E-state index contributed by atoms with van der Waals surface area (Å²) in [4.78, 5) is 23.9. The van der Waals surface area contributed by atoms with Gasteiger partial charge in [-0.1, -0.05) is 6.07 Å². The standard InChI is InChI=1S/C19H20F2N2O4/c1-11(2)22-17(24)10-27-15-8-7-12(9-16(15)26-3)19(25)23-14-6-4-5-13(20)18(14)21/h4-9,11H,10H2,1-3H3,(H,22,24)(H,23,25). The van der Waals surface area contributed by atoms with Crippen LogP contribution in [0.15, 0.2) is 36.4 Å². The highest BCUT2D eigenvalue weighted by Gasteiger charge is 2.15. The number of ether oxygens (including phenoxy) is 2. The number of halogens is 2. The van der Waals surface area contributed by atoms with Crippen LogP contribution in [0.4, 0.5) is 14.5 Å². The van der Waals surface area contributed by atoms with Gasteiger partial charge >= 0.3 is 0 Å². The van der Waals surface area contributed by atoms with Crippen molar-refractivity contribution in [2.45, 2.75) is 19.9 Å². The number of benzene rings is 2. The summed E-state index contributed by atoms with van der Waals surface area (Å²) in [6, 6.07) is 7.73. The minimum Gasteiger partial charge on any atom is -0.493 e. The lowest BCUT2D eigenvalue weighted by Crippen LogP contribution is -2.34. The monoisotopic (exact) mass is 378 g/mol. The van der Waals surface area contributed by atoms with Crippen LogP contribution in [-0.4, -0.2) is 31.6 Å². The average Bonchev–Trinajstić information content (AvgIpc) is 2.63. The van der Waals surface area contributed by atoms with Gasteiger partial charge in [0.15, 0.2) is 29.7 Å². The van der Waals surface area contributed by atoms with Gasteiger partial charge in [-0.15, -0.1) is 0 Å². The van der Waals surface area contributed by atoms with E-state index in [0.29, 0.717) is 0 Å². The van der Waals surface area contributed by atoms with Crippen molar-refractivity contribution in [2.75, 3.05) is 19.0 Å². The van der Waals surface area contributed by atoms with Crippen molar-refractivity contribution < 1.29 is 27.8 Å². The molecule has 6 nitrogen and oxygen atoms in total. The SMILES string of the molecule is COc1cc(C(=O)Nc2cccc(F)c2F)ccc1OCC(=O)NC(C)C. The molecule has 0 fully saturated rings. The second kappa shape index (κ2) is 8.98. The first-order valence-corrected chi connectivity index (χ1v) is 8.17. The zero-order valence-electron chi connectivity index (χ0n) is 15.1. The number of nitrogens with one attached hydrogen (secondary N) is 2. The van der Waals surface area contributed by atoms with E-state index in [9.17, 15) is 18.4 Å². The van der Waals surface area contributed by atoms with Crippen LogP contribution in [0.3, 0.4) is 0 Å². The lowest BCUT2D eigenvalue weighted by molar-refractivity contribution is -0.123. The van der Waals surface area contributed by atoms with Crippen LogP contribution in [0.1, 0.15) is 24.2 Å². The van der Waals surface area contributed by atoms with Gasteiger partial charge in [0.25, 0.3) is 11.8 Å². The maximum atomic E-state index is 13.7. The van der Waals surface area contributed by atoms with Gasteiger partial charge in [-0.3, -0.25) is 9.59 Å². The molecular formula is C19H20F2N2O4. The summed E-state index contributed by atoms with van der Waals surface area (Å²) < 4.78 is 37.5. The van der Waals surface area contributed by atoms with Crippen molar-refractivity contribution in [1.29, 1.82) is 0 Å². The predicted molar refractivity (Wildman–Crippen MR) is 96.1 cm³/mol. The van der Waals surface area contributed by atoms with Crippen LogP contribution >= 0.6 is 0 Å². The summed E-state index contributed by atoms with van der Waals surface area (Å²) >= 11 is 0. The van der Waals surface area contributed by atoms with Crippen molar-refractivity contribution >= 4 is 17.5 Å². The molecule has 144 valence electrons. The minimum absolute atomic E-state index is 0.0164. The van der Waals surface area contributed by atoms with Gasteiger partial charge in [-0.05, 0) is 44.2 Å². The third-order valence-electron chi connectivity index (χ3n) is 3.43. The van der Waals surface area contributed by atoms with Crippen LogP contribution in [0.2, 0.25) is 0 Å². The molecule has 0 saturated heterocycles. The molecule has 0 spiro atoms. The van der Waals surface area contributed by atoms with Crippen molar-refractivity contribution in [3.05, 3.63) is 53.6 Å². The Bertz CT molecular complexity index is 840. The molecule has 27 heavy (non-hydrogen) atoms. The molecule has 2 aromatic carbocycles. The van der Waals surface area contributed by atoms with Gasteiger partial charge in [-0.2, -0.15) is 0 Å². The molecule has 2 amide bonds. The Morgan fingerprint density at radius 3 is 2.52 bits per heavy atom. The molecule has 0 aromatic heterocycles. The van der Waals surface area contributed by atoms with Gasteiger partial charge < -0.3 is 20.1 Å². The highest BCUT2D eigenvalue weighted by atomic mass is 19.2. The predicted octanol–water partition coefficient (Wildman–Crippen LogP) is 3.13. The second-order valence-electron chi connectivity index (χ2n) is 5.93. The zero-order valence-corrected chi connectivity index (χ0v) is 15.1. The Balaban J connectivity index is 2.11. The first kappa shape index (κ1) is 20.2. The fourth-order valence-corrected chi connectivity index (χ4v) is 2.23. The Hall–Kier alpha value is -3.16. The van der Waals surface area contributed by atoms with E-state index in [0.717, 1.165) is 6.07 Å². The summed E-state index contributed by atoms with van der Waals surface area (Å²) in [6.45, 7) is 3.44. The lowest BCUT2D eigenvalue weighted by atomic mass is 10.1. The molecule has 0 unspecified atom stereocenters. The topological polar surface area (TPSA) is 76.7 Å². The van der Waals surface area contributed by atoms with E-state index >= 15 is 0 Å². The number of amides is 2. The van der Waals surface area contributed by atoms with E-state index in [-0.39, 0.29) is 41.3 Å². The molecule has 2 aromatic rings. The van der Waals surface area contributed by atoms with E-state index in [4.69, 9.17) is 9.47 Å². The molecule has 2 rings (SSSR count). The quantitative estimate of drug-likeness (QED) is 0.776. The summed E-state index contributed by atoms with van der Waals surface area (Å²) in [5.74, 6) is -2.66. The number of methoxy groups -OCH3 is 1. The van der Waals surface area contributed by atoms with E-state index in [1.807, 2.05) is 13.8 Å². The van der Waals surface area contributed by atoms with E-state index in [1.165, 1.54) is 37.4 Å². The highest BCUT2D eigenvalue weighted by Crippen LogP contribution is 2.28. The summed E-state index contributed by atoms with van der Waals surface area (Å²) in [6.07, 6.45) is 0. The Morgan fingerprint density at radius 1 is 1.11 bits per heavy atom. The van der Waals surface area contributed by atoms with Gasteiger partial charge in [0.05, 0.1) is 12.8 Å². The molecular weight excluding hydrogens is 358 g/mol. The zero-order chi connectivity index (χ0) is 20.0. The van der Waals surface area contributed by atoms with Crippen LogP contribution < -0.4 is 20.1 Å². The number of carbonyl (C=O) groups is 2. The third-order valence-corrected chi connectivity index (χ3v) is 3.43. The third kappa shape index (κ3) is 5.40. The van der Waals surface area contributed by atoms with Crippen LogP contribution in [0.5, 0.6) is 11.5 Å². The number of anilines is 1. The number of hydrogen-bond donors (Lipinski definition) is 2. The maximum absolute atomic E-state index is 13.7. The van der Waals surface area contributed by atoms with Gasteiger partial charge in [-0.25, -0.2) is 8.78 Å². The molecule has 0 radical (unpaired) electrons. The van der Waals surface area contributed by atoms with Crippen molar-refractivity contribution in [2.24, 2.45) is 0 Å². The Morgan fingerprint density at radius 2 is 1.85 bits per heavy atom. The van der Waals surface area contributed by atoms with Crippen molar-refractivity contribution in [3.8, 4) is 11.5 Å². The molecule has 0 bridgehead atoms. The molecule has 0 atom stereocenters. The number of rotatable bonds is 7. The number of hydrogen-bond acceptors (Lipinski definition) is 4. The molecule has 0 saturated carbocycles. The molecule has 0 heterocycles. The molecule has 0 aliphatic heterocycles. The molecule has 0 aliphatic rings. The van der Waals surface area contributed by atoms with Gasteiger partial charge in [0, 0.05) is 11.6 Å². The molecule has 2 N–H and O–H groups in total. The summed E-state index contributed by atoms with van der Waals surface area (Å²) in [5.41, 5.74) is -0.126. The highest BCUT2D eigenvalue weighted by molar-refractivity contribution is 6.04. The maximum Gasteiger partial charge on any atom is 0.258 e. The summed E-state index contributed by atoms with van der Waals surface area (Å²) in [7, 11) is 1.38.